The summed E-state index contributed by atoms with van der Waals surface area (Å²) in [6.45, 7) is 1.48. The summed E-state index contributed by atoms with van der Waals surface area (Å²) in [6.07, 6.45) is 1.90. The summed E-state index contributed by atoms with van der Waals surface area (Å²) in [6, 6.07) is 9.36. The summed E-state index contributed by atoms with van der Waals surface area (Å²) in [5.41, 5.74) is -0.430. The first-order valence-corrected chi connectivity index (χ1v) is 7.59. The van der Waals surface area contributed by atoms with E-state index in [9.17, 15) is 14.7 Å². The predicted octanol–water partition coefficient (Wildman–Crippen LogP) is 2.36. The van der Waals surface area contributed by atoms with Gasteiger partial charge in [0, 0.05) is 6.92 Å². The molecule has 0 amide bonds. The highest BCUT2D eigenvalue weighted by atomic mass is 16.6. The summed E-state index contributed by atoms with van der Waals surface area (Å²) in [5, 5.41) is 10.7. The maximum Gasteiger partial charge on any atom is 0.309 e. The van der Waals surface area contributed by atoms with Gasteiger partial charge in [0.25, 0.3) is 0 Å². The average molecular weight is 306 g/mol. The highest BCUT2D eigenvalue weighted by Gasteiger charge is 2.43. The van der Waals surface area contributed by atoms with E-state index in [1.165, 1.54) is 6.92 Å². The molecule has 1 fully saturated rings. The number of esters is 2. The molecule has 0 aromatic heterocycles. The van der Waals surface area contributed by atoms with Gasteiger partial charge in [-0.1, -0.05) is 36.8 Å². The van der Waals surface area contributed by atoms with Crippen molar-refractivity contribution in [2.75, 3.05) is 0 Å². The zero-order chi connectivity index (χ0) is 16.0. The molecule has 1 aliphatic rings. The smallest absolute Gasteiger partial charge is 0.309 e. The van der Waals surface area contributed by atoms with Gasteiger partial charge < -0.3 is 14.6 Å². The zero-order valence-corrected chi connectivity index (χ0v) is 12.8. The second-order valence-corrected chi connectivity index (χ2v) is 5.77. The molecule has 5 heteroatoms. The van der Waals surface area contributed by atoms with Crippen LogP contribution in [0.25, 0.3) is 0 Å². The molecule has 2 rings (SSSR count). The van der Waals surface area contributed by atoms with Crippen molar-refractivity contribution in [2.45, 2.75) is 57.3 Å². The standard InChI is InChI=1S/C17H22O5/c1-13(18)22-15-9-5-6-10-17(15,20)11-16(19)21-12-14-7-3-2-4-8-14/h2-4,7-8,15,20H,5-6,9-12H2,1H3/t15-,17-/m1/s1. The minimum atomic E-state index is -1.32. The van der Waals surface area contributed by atoms with Crippen LogP contribution in [0.5, 0.6) is 0 Å². The third-order valence-electron chi connectivity index (χ3n) is 3.93. The van der Waals surface area contributed by atoms with Crippen LogP contribution in [-0.4, -0.2) is 28.8 Å². The first-order chi connectivity index (χ1) is 10.5. The Hall–Kier alpha value is -1.88. The van der Waals surface area contributed by atoms with E-state index in [2.05, 4.69) is 0 Å². The Bertz CT molecular complexity index is 513. The lowest BCUT2D eigenvalue weighted by molar-refractivity contribution is -0.178. The van der Waals surface area contributed by atoms with E-state index in [-0.39, 0.29) is 13.0 Å². The average Bonchev–Trinajstić information content (AvgIpc) is 2.48. The zero-order valence-electron chi connectivity index (χ0n) is 12.8. The maximum atomic E-state index is 12.0. The van der Waals surface area contributed by atoms with Gasteiger partial charge in [0.15, 0.2) is 0 Å². The van der Waals surface area contributed by atoms with Crippen LogP contribution in [0.2, 0.25) is 0 Å². The van der Waals surface area contributed by atoms with Crippen molar-refractivity contribution in [3.05, 3.63) is 35.9 Å². The fourth-order valence-electron chi connectivity index (χ4n) is 2.80. The molecule has 0 unspecified atom stereocenters. The molecule has 0 bridgehead atoms. The number of rotatable bonds is 5. The van der Waals surface area contributed by atoms with Crippen molar-refractivity contribution >= 4 is 11.9 Å². The van der Waals surface area contributed by atoms with Crippen LogP contribution in [0.15, 0.2) is 30.3 Å². The van der Waals surface area contributed by atoms with Crippen LogP contribution in [0.1, 0.15) is 44.6 Å². The number of aliphatic hydroxyl groups is 1. The lowest BCUT2D eigenvalue weighted by Gasteiger charge is -2.38. The Kier molecular flexibility index (Phi) is 5.55. The van der Waals surface area contributed by atoms with Gasteiger partial charge >= 0.3 is 11.9 Å². The summed E-state index contributed by atoms with van der Waals surface area (Å²) < 4.78 is 10.4. The lowest BCUT2D eigenvalue weighted by Crippen LogP contribution is -2.48. The van der Waals surface area contributed by atoms with Crippen LogP contribution in [0.4, 0.5) is 0 Å². The molecule has 0 aliphatic heterocycles. The van der Waals surface area contributed by atoms with Crippen LogP contribution < -0.4 is 0 Å². The Morgan fingerprint density at radius 3 is 2.68 bits per heavy atom. The van der Waals surface area contributed by atoms with Crippen LogP contribution in [-0.2, 0) is 25.7 Å². The SMILES string of the molecule is CC(=O)O[C@@H]1CCCC[C@@]1(O)CC(=O)OCc1ccccc1. The van der Waals surface area contributed by atoms with E-state index >= 15 is 0 Å². The van der Waals surface area contributed by atoms with E-state index in [4.69, 9.17) is 9.47 Å². The molecule has 0 spiro atoms. The van der Waals surface area contributed by atoms with E-state index in [0.717, 1.165) is 18.4 Å². The first kappa shape index (κ1) is 16.5. The van der Waals surface area contributed by atoms with Crippen molar-refractivity contribution in [3.8, 4) is 0 Å². The van der Waals surface area contributed by atoms with Gasteiger partial charge in [0.2, 0.25) is 0 Å². The fourth-order valence-corrected chi connectivity index (χ4v) is 2.80. The second-order valence-electron chi connectivity index (χ2n) is 5.77. The Morgan fingerprint density at radius 2 is 2.00 bits per heavy atom. The lowest BCUT2D eigenvalue weighted by atomic mass is 9.80. The number of carbonyl (C=O) groups excluding carboxylic acids is 2. The van der Waals surface area contributed by atoms with Gasteiger partial charge in [-0.15, -0.1) is 0 Å². The third kappa shape index (κ3) is 4.56. The number of ether oxygens (including phenoxy) is 2. The van der Waals surface area contributed by atoms with Crippen molar-refractivity contribution in [2.24, 2.45) is 0 Å². The third-order valence-corrected chi connectivity index (χ3v) is 3.93. The molecule has 120 valence electrons. The van der Waals surface area contributed by atoms with E-state index in [1.807, 2.05) is 30.3 Å². The predicted molar refractivity (Wildman–Crippen MR) is 79.8 cm³/mol. The summed E-state index contributed by atoms with van der Waals surface area (Å²) in [4.78, 5) is 23.1. The molecule has 1 aromatic rings. The van der Waals surface area contributed by atoms with Gasteiger partial charge in [-0.3, -0.25) is 9.59 Å². The summed E-state index contributed by atoms with van der Waals surface area (Å²) >= 11 is 0. The molecule has 5 nitrogen and oxygen atoms in total. The van der Waals surface area contributed by atoms with E-state index in [0.29, 0.717) is 12.8 Å². The number of benzene rings is 1. The van der Waals surface area contributed by atoms with Crippen molar-refractivity contribution in [1.82, 2.24) is 0 Å². The minimum absolute atomic E-state index is 0.155. The van der Waals surface area contributed by atoms with Crippen molar-refractivity contribution in [1.29, 1.82) is 0 Å². The summed E-state index contributed by atoms with van der Waals surface area (Å²) in [5.74, 6) is -0.923. The topological polar surface area (TPSA) is 72.8 Å². The molecule has 1 saturated carbocycles. The maximum absolute atomic E-state index is 12.0. The molecule has 0 saturated heterocycles. The fraction of sp³-hybridized carbons (Fsp3) is 0.529. The van der Waals surface area contributed by atoms with Gasteiger partial charge in [-0.25, -0.2) is 0 Å². The number of carbonyl (C=O) groups is 2. The summed E-state index contributed by atoms with van der Waals surface area (Å²) in [7, 11) is 0. The molecule has 2 atom stereocenters. The Labute approximate surface area is 130 Å². The minimum Gasteiger partial charge on any atom is -0.461 e. The Morgan fingerprint density at radius 1 is 1.27 bits per heavy atom. The van der Waals surface area contributed by atoms with Crippen molar-refractivity contribution < 1.29 is 24.2 Å². The van der Waals surface area contributed by atoms with Crippen LogP contribution in [0.3, 0.4) is 0 Å². The first-order valence-electron chi connectivity index (χ1n) is 7.59. The van der Waals surface area contributed by atoms with Gasteiger partial charge in [0.05, 0.1) is 6.42 Å². The molecule has 1 N–H and O–H groups in total. The highest BCUT2D eigenvalue weighted by molar-refractivity contribution is 5.71. The quantitative estimate of drug-likeness (QED) is 0.845. The van der Waals surface area contributed by atoms with Crippen LogP contribution >= 0.6 is 0 Å². The molecule has 1 aliphatic carbocycles. The molecule has 0 heterocycles. The Balaban J connectivity index is 1.91. The number of hydrogen-bond donors (Lipinski definition) is 1. The normalized spacial score (nSPS) is 24.5. The molecule has 0 radical (unpaired) electrons. The largest absolute Gasteiger partial charge is 0.461 e. The van der Waals surface area contributed by atoms with Crippen LogP contribution in [0, 0.1) is 0 Å². The molecule has 1 aromatic carbocycles. The monoisotopic (exact) mass is 306 g/mol. The van der Waals surface area contributed by atoms with Crippen molar-refractivity contribution in [3.63, 3.8) is 0 Å². The van der Waals surface area contributed by atoms with Gasteiger partial charge in [0.1, 0.15) is 18.3 Å². The molecular formula is C17H22O5. The van der Waals surface area contributed by atoms with E-state index < -0.39 is 23.6 Å². The second kappa shape index (κ2) is 7.40. The highest BCUT2D eigenvalue weighted by Crippen LogP contribution is 2.34. The molecule has 22 heavy (non-hydrogen) atoms. The van der Waals surface area contributed by atoms with Gasteiger partial charge in [-0.2, -0.15) is 0 Å². The molecular weight excluding hydrogens is 284 g/mol. The van der Waals surface area contributed by atoms with E-state index in [1.54, 1.807) is 0 Å². The van der Waals surface area contributed by atoms with Gasteiger partial charge in [-0.05, 0) is 24.8 Å². The number of hydrogen-bond acceptors (Lipinski definition) is 5.